The Balaban J connectivity index is 1.55. The van der Waals surface area contributed by atoms with E-state index in [0.29, 0.717) is 29.6 Å². The SMILES string of the molecule is CC(C)CCC[C@@H](C)C1CC[C@H]2[C@@H]3C[C@@H]([N+](=O)[O-])[C@H]4C[C@@H](O)CC[C@]4(C)[C@H]3CC[C@]12C. The molecule has 31 heavy (non-hydrogen) atoms. The van der Waals surface area contributed by atoms with Gasteiger partial charge in [0, 0.05) is 17.3 Å². The Morgan fingerprint density at radius 3 is 2.29 bits per heavy atom. The summed E-state index contributed by atoms with van der Waals surface area (Å²) in [5.74, 6) is 4.21. The molecule has 4 aliphatic rings. The number of hydrogen-bond donors (Lipinski definition) is 1. The first-order chi connectivity index (χ1) is 14.6. The fraction of sp³-hybridized carbons (Fsp3) is 1.00. The molecular weight excluding hydrogens is 386 g/mol. The standard InChI is InChI=1S/C27H47NO3/c1-17(2)7-6-8-18(3)21-9-10-22-20-16-25(28(30)31)24-15-19(29)11-13-27(24,5)23(20)12-14-26(21,22)4/h17-25,29H,6-16H2,1-5H3/t18-,19+,20+,21?,22+,23+,24-,25-,26-,27-/m1/s1. The quantitative estimate of drug-likeness (QED) is 0.373. The van der Waals surface area contributed by atoms with Crippen molar-refractivity contribution in [2.45, 2.75) is 117 Å². The van der Waals surface area contributed by atoms with Crippen molar-refractivity contribution in [1.82, 2.24) is 0 Å². The van der Waals surface area contributed by atoms with E-state index in [-0.39, 0.29) is 22.4 Å². The minimum Gasteiger partial charge on any atom is -0.393 e. The molecule has 4 fully saturated rings. The normalized spacial score (nSPS) is 48.0. The molecule has 4 saturated carbocycles. The van der Waals surface area contributed by atoms with E-state index in [4.69, 9.17) is 0 Å². The van der Waals surface area contributed by atoms with E-state index in [2.05, 4.69) is 34.6 Å². The number of aliphatic hydroxyl groups is 1. The molecule has 4 aliphatic carbocycles. The fourth-order valence-corrected chi connectivity index (χ4v) is 9.54. The van der Waals surface area contributed by atoms with E-state index >= 15 is 0 Å². The number of rotatable bonds is 6. The zero-order chi connectivity index (χ0) is 22.6. The molecule has 4 heteroatoms. The van der Waals surface area contributed by atoms with Crippen molar-refractivity contribution in [3.05, 3.63) is 10.1 Å². The zero-order valence-electron chi connectivity index (χ0n) is 20.7. The second-order valence-corrected chi connectivity index (χ2v) is 13.0. The molecular formula is C27H47NO3. The molecule has 4 rings (SSSR count). The van der Waals surface area contributed by atoms with E-state index in [9.17, 15) is 15.2 Å². The Hall–Kier alpha value is -0.640. The third-order valence-corrected chi connectivity index (χ3v) is 11.1. The summed E-state index contributed by atoms with van der Waals surface area (Å²) in [7, 11) is 0. The molecule has 0 saturated heterocycles. The molecule has 0 amide bonds. The highest BCUT2D eigenvalue weighted by molar-refractivity contribution is 5.11. The molecule has 0 spiro atoms. The lowest BCUT2D eigenvalue weighted by Gasteiger charge is -2.61. The van der Waals surface area contributed by atoms with Gasteiger partial charge in [0.15, 0.2) is 0 Å². The van der Waals surface area contributed by atoms with Crippen LogP contribution in [0.25, 0.3) is 0 Å². The summed E-state index contributed by atoms with van der Waals surface area (Å²) in [5.41, 5.74) is 0.416. The molecule has 1 unspecified atom stereocenters. The van der Waals surface area contributed by atoms with Gasteiger partial charge in [0.2, 0.25) is 6.04 Å². The third kappa shape index (κ3) is 3.97. The van der Waals surface area contributed by atoms with Crippen molar-refractivity contribution >= 4 is 0 Å². The predicted molar refractivity (Wildman–Crippen MR) is 125 cm³/mol. The van der Waals surface area contributed by atoms with Gasteiger partial charge in [-0.1, -0.05) is 53.9 Å². The van der Waals surface area contributed by atoms with Gasteiger partial charge in [-0.05, 0) is 91.3 Å². The molecule has 0 aromatic carbocycles. The third-order valence-electron chi connectivity index (χ3n) is 11.1. The van der Waals surface area contributed by atoms with Crippen LogP contribution in [-0.4, -0.2) is 22.2 Å². The van der Waals surface area contributed by atoms with Crippen LogP contribution in [-0.2, 0) is 0 Å². The monoisotopic (exact) mass is 433 g/mol. The molecule has 1 N–H and O–H groups in total. The van der Waals surface area contributed by atoms with Crippen LogP contribution in [0.4, 0.5) is 0 Å². The minimum absolute atomic E-state index is 0.0318. The maximum Gasteiger partial charge on any atom is 0.216 e. The minimum atomic E-state index is -0.453. The summed E-state index contributed by atoms with van der Waals surface area (Å²) in [4.78, 5) is 12.2. The Kier molecular flexibility index (Phi) is 6.53. The van der Waals surface area contributed by atoms with Crippen LogP contribution in [0.3, 0.4) is 0 Å². The van der Waals surface area contributed by atoms with Gasteiger partial charge in [-0.25, -0.2) is 0 Å². The summed E-state index contributed by atoms with van der Waals surface area (Å²) in [6.45, 7) is 12.1. The van der Waals surface area contributed by atoms with Gasteiger partial charge in [0.1, 0.15) is 0 Å². The van der Waals surface area contributed by atoms with Crippen LogP contribution >= 0.6 is 0 Å². The Bertz CT molecular complexity index is 665. The van der Waals surface area contributed by atoms with Gasteiger partial charge in [0.05, 0.1) is 6.10 Å². The number of nitrogens with zero attached hydrogens (tertiary/aromatic N) is 1. The largest absolute Gasteiger partial charge is 0.393 e. The highest BCUT2D eigenvalue weighted by Gasteiger charge is 2.64. The van der Waals surface area contributed by atoms with Gasteiger partial charge in [-0.15, -0.1) is 0 Å². The molecule has 0 bridgehead atoms. The number of fused-ring (bicyclic) bond motifs is 5. The highest BCUT2D eigenvalue weighted by atomic mass is 16.6. The van der Waals surface area contributed by atoms with E-state index in [1.54, 1.807) is 0 Å². The maximum absolute atomic E-state index is 12.2. The van der Waals surface area contributed by atoms with Crippen LogP contribution in [0.5, 0.6) is 0 Å². The Labute approximate surface area is 190 Å². The van der Waals surface area contributed by atoms with Gasteiger partial charge in [-0.2, -0.15) is 0 Å². The summed E-state index contributed by atoms with van der Waals surface area (Å²) in [5, 5.41) is 22.5. The van der Waals surface area contributed by atoms with Crippen LogP contribution in [0.15, 0.2) is 0 Å². The van der Waals surface area contributed by atoms with E-state index in [0.717, 1.165) is 37.0 Å². The first kappa shape index (κ1) is 23.5. The Morgan fingerprint density at radius 1 is 0.935 bits per heavy atom. The second kappa shape index (κ2) is 8.61. The first-order valence-corrected chi connectivity index (χ1v) is 13.4. The molecule has 0 heterocycles. The van der Waals surface area contributed by atoms with E-state index in [1.165, 1.54) is 44.9 Å². The van der Waals surface area contributed by atoms with Crippen molar-refractivity contribution < 1.29 is 10.0 Å². The number of hydrogen-bond acceptors (Lipinski definition) is 3. The maximum atomic E-state index is 12.2. The van der Waals surface area contributed by atoms with Gasteiger partial charge < -0.3 is 5.11 Å². The van der Waals surface area contributed by atoms with E-state index < -0.39 is 6.04 Å². The van der Waals surface area contributed by atoms with Crippen LogP contribution in [0, 0.1) is 62.4 Å². The molecule has 10 atom stereocenters. The zero-order valence-corrected chi connectivity index (χ0v) is 20.7. The summed E-state index contributed by atoms with van der Waals surface area (Å²) in [6.07, 6.45) is 12.1. The lowest BCUT2D eigenvalue weighted by molar-refractivity contribution is -0.547. The molecule has 178 valence electrons. The van der Waals surface area contributed by atoms with E-state index in [1.807, 2.05) is 0 Å². The van der Waals surface area contributed by atoms with Crippen molar-refractivity contribution in [2.24, 2.45) is 52.3 Å². The van der Waals surface area contributed by atoms with Crippen LogP contribution in [0.1, 0.15) is 105 Å². The van der Waals surface area contributed by atoms with Crippen LogP contribution < -0.4 is 0 Å². The summed E-state index contributed by atoms with van der Waals surface area (Å²) in [6, 6.07) is -0.453. The highest BCUT2D eigenvalue weighted by Crippen LogP contribution is 2.68. The smallest absolute Gasteiger partial charge is 0.216 e. The van der Waals surface area contributed by atoms with Crippen molar-refractivity contribution in [1.29, 1.82) is 0 Å². The first-order valence-electron chi connectivity index (χ1n) is 13.4. The van der Waals surface area contributed by atoms with Gasteiger partial charge >= 0.3 is 0 Å². The topological polar surface area (TPSA) is 63.4 Å². The van der Waals surface area contributed by atoms with Crippen molar-refractivity contribution in [3.63, 3.8) is 0 Å². The lowest BCUT2D eigenvalue weighted by Crippen LogP contribution is -2.59. The number of aliphatic hydroxyl groups excluding tert-OH is 1. The fourth-order valence-electron chi connectivity index (χ4n) is 9.54. The molecule has 4 nitrogen and oxygen atoms in total. The van der Waals surface area contributed by atoms with Crippen molar-refractivity contribution in [3.8, 4) is 0 Å². The molecule has 0 aliphatic heterocycles. The summed E-state index contributed by atoms with van der Waals surface area (Å²) < 4.78 is 0. The molecule has 0 aromatic heterocycles. The van der Waals surface area contributed by atoms with Crippen molar-refractivity contribution in [2.75, 3.05) is 0 Å². The van der Waals surface area contributed by atoms with Gasteiger partial charge in [0.25, 0.3) is 0 Å². The van der Waals surface area contributed by atoms with Gasteiger partial charge in [-0.3, -0.25) is 10.1 Å². The predicted octanol–water partition coefficient (Wildman–Crippen LogP) is 6.72. The number of nitro groups is 1. The Morgan fingerprint density at radius 2 is 1.61 bits per heavy atom. The molecule has 0 radical (unpaired) electrons. The molecule has 0 aromatic rings. The van der Waals surface area contributed by atoms with Crippen LogP contribution in [0.2, 0.25) is 0 Å². The lowest BCUT2D eigenvalue weighted by atomic mass is 9.43. The summed E-state index contributed by atoms with van der Waals surface area (Å²) >= 11 is 0. The average molecular weight is 434 g/mol. The average Bonchev–Trinajstić information content (AvgIpc) is 3.05. The second-order valence-electron chi connectivity index (χ2n) is 13.0.